The molecule has 22 heavy (non-hydrogen) atoms. The molecular formula is C18H15FNO2+. The van der Waals surface area contributed by atoms with E-state index in [2.05, 4.69) is 4.74 Å². The van der Waals surface area contributed by atoms with Gasteiger partial charge in [-0.25, -0.2) is 9.18 Å². The fourth-order valence-corrected chi connectivity index (χ4v) is 2.51. The molecule has 110 valence electrons. The molecule has 0 saturated carbocycles. The number of carbonyl (C=O) groups is 1. The van der Waals surface area contributed by atoms with Crippen LogP contribution in [0.25, 0.3) is 10.8 Å². The van der Waals surface area contributed by atoms with Crippen molar-refractivity contribution in [3.8, 4) is 0 Å². The first kappa shape index (κ1) is 14.2. The maximum absolute atomic E-state index is 12.4. The number of aromatic nitrogens is 1. The molecule has 0 unspecified atom stereocenters. The topological polar surface area (TPSA) is 30.2 Å². The van der Waals surface area contributed by atoms with E-state index in [1.807, 2.05) is 66.9 Å². The lowest BCUT2D eigenvalue weighted by molar-refractivity contribution is -0.689. The lowest BCUT2D eigenvalue weighted by atomic mass is 10.1. The van der Waals surface area contributed by atoms with Gasteiger partial charge >= 0.3 is 5.97 Å². The van der Waals surface area contributed by atoms with Crippen LogP contribution >= 0.6 is 0 Å². The summed E-state index contributed by atoms with van der Waals surface area (Å²) in [6, 6.07) is 19.2. The number of alkyl halides is 1. The SMILES string of the molecule is O=C(OCF)c1c2ccccc2cc[n+]1Cc1ccccc1. The van der Waals surface area contributed by atoms with Crippen LogP contribution in [0.1, 0.15) is 16.1 Å². The van der Waals surface area contributed by atoms with Gasteiger partial charge in [0.05, 0.1) is 5.39 Å². The molecular weight excluding hydrogens is 281 g/mol. The maximum atomic E-state index is 12.4. The van der Waals surface area contributed by atoms with Gasteiger partial charge in [-0.3, -0.25) is 0 Å². The van der Waals surface area contributed by atoms with Gasteiger partial charge in [-0.2, -0.15) is 4.57 Å². The Balaban J connectivity index is 2.12. The summed E-state index contributed by atoms with van der Waals surface area (Å²) in [5.41, 5.74) is 1.41. The second kappa shape index (κ2) is 6.35. The number of hydrogen-bond donors (Lipinski definition) is 0. The average molecular weight is 296 g/mol. The smallest absolute Gasteiger partial charge is 0.406 e. The standard InChI is InChI=1S/C18H15FNO2/c19-13-22-18(21)17-16-9-5-4-8-15(16)10-11-20(17)12-14-6-2-1-3-7-14/h1-11H,12-13H2/q+1. The highest BCUT2D eigenvalue weighted by Crippen LogP contribution is 2.16. The molecule has 0 atom stereocenters. The molecule has 0 bridgehead atoms. The van der Waals surface area contributed by atoms with Crippen molar-refractivity contribution in [3.05, 3.63) is 78.1 Å². The summed E-state index contributed by atoms with van der Waals surface area (Å²) in [4.78, 5) is 12.2. The van der Waals surface area contributed by atoms with Gasteiger partial charge in [0.15, 0.2) is 12.7 Å². The van der Waals surface area contributed by atoms with E-state index in [0.717, 1.165) is 16.3 Å². The average Bonchev–Trinajstić information content (AvgIpc) is 2.55. The van der Waals surface area contributed by atoms with E-state index < -0.39 is 12.8 Å². The summed E-state index contributed by atoms with van der Waals surface area (Å²) in [7, 11) is 0. The van der Waals surface area contributed by atoms with Crippen LogP contribution in [-0.2, 0) is 11.3 Å². The Morgan fingerprint density at radius 1 is 1.00 bits per heavy atom. The van der Waals surface area contributed by atoms with Gasteiger partial charge in [-0.15, -0.1) is 0 Å². The van der Waals surface area contributed by atoms with Gasteiger partial charge < -0.3 is 4.74 Å². The fourth-order valence-electron chi connectivity index (χ4n) is 2.51. The molecule has 0 fully saturated rings. The van der Waals surface area contributed by atoms with E-state index >= 15 is 0 Å². The van der Waals surface area contributed by atoms with Crippen LogP contribution in [0.15, 0.2) is 66.9 Å². The summed E-state index contributed by atoms with van der Waals surface area (Å²) < 4.78 is 18.8. The van der Waals surface area contributed by atoms with Crippen molar-refractivity contribution in [2.45, 2.75) is 6.54 Å². The fraction of sp³-hybridized carbons (Fsp3) is 0.111. The summed E-state index contributed by atoms with van der Waals surface area (Å²) in [5, 5.41) is 1.66. The number of pyridine rings is 1. The summed E-state index contributed by atoms with van der Waals surface area (Å²) in [6.07, 6.45) is 1.82. The minimum atomic E-state index is -1.13. The summed E-state index contributed by atoms with van der Waals surface area (Å²) in [6.45, 7) is -0.615. The van der Waals surface area contributed by atoms with Gasteiger partial charge in [-0.05, 0) is 11.5 Å². The minimum Gasteiger partial charge on any atom is -0.426 e. The number of carbonyl (C=O) groups excluding carboxylic acids is 1. The van der Waals surface area contributed by atoms with Crippen LogP contribution in [0.4, 0.5) is 4.39 Å². The Morgan fingerprint density at radius 3 is 2.50 bits per heavy atom. The van der Waals surface area contributed by atoms with Crippen LogP contribution in [0.5, 0.6) is 0 Å². The van der Waals surface area contributed by atoms with Gasteiger partial charge in [0.2, 0.25) is 6.86 Å². The molecule has 3 aromatic rings. The molecule has 2 aromatic carbocycles. The van der Waals surface area contributed by atoms with Crippen molar-refractivity contribution in [1.82, 2.24) is 0 Å². The molecule has 0 spiro atoms. The molecule has 0 N–H and O–H groups in total. The zero-order valence-electron chi connectivity index (χ0n) is 11.9. The molecule has 0 amide bonds. The number of fused-ring (bicyclic) bond motifs is 1. The predicted octanol–water partition coefficient (Wildman–Crippen LogP) is 3.26. The second-order valence-corrected chi connectivity index (χ2v) is 4.91. The number of halogens is 1. The van der Waals surface area contributed by atoms with Crippen molar-refractivity contribution in [3.63, 3.8) is 0 Å². The van der Waals surface area contributed by atoms with E-state index in [9.17, 15) is 9.18 Å². The Morgan fingerprint density at radius 2 is 1.73 bits per heavy atom. The van der Waals surface area contributed by atoms with Gasteiger partial charge in [0.25, 0.3) is 5.69 Å². The van der Waals surface area contributed by atoms with Crippen LogP contribution in [-0.4, -0.2) is 12.8 Å². The number of rotatable bonds is 4. The molecule has 3 nitrogen and oxygen atoms in total. The highest BCUT2D eigenvalue weighted by molar-refractivity contribution is 6.01. The molecule has 0 aliphatic carbocycles. The van der Waals surface area contributed by atoms with Crippen molar-refractivity contribution in [1.29, 1.82) is 0 Å². The van der Waals surface area contributed by atoms with Crippen molar-refractivity contribution in [2.24, 2.45) is 0 Å². The largest absolute Gasteiger partial charge is 0.426 e. The van der Waals surface area contributed by atoms with Crippen LogP contribution in [0, 0.1) is 0 Å². The number of benzene rings is 2. The lowest BCUT2D eigenvalue weighted by Crippen LogP contribution is -2.41. The number of hydrogen-bond acceptors (Lipinski definition) is 2. The molecule has 0 aliphatic rings. The molecule has 1 heterocycles. The Kier molecular flexibility index (Phi) is 4.10. The highest BCUT2D eigenvalue weighted by Gasteiger charge is 2.24. The maximum Gasteiger partial charge on any atom is 0.406 e. The zero-order valence-corrected chi connectivity index (χ0v) is 11.9. The zero-order chi connectivity index (χ0) is 15.4. The first-order valence-corrected chi connectivity index (χ1v) is 6.98. The third-order valence-corrected chi connectivity index (χ3v) is 3.51. The lowest BCUT2D eigenvalue weighted by Gasteiger charge is -2.06. The second-order valence-electron chi connectivity index (χ2n) is 4.91. The Labute approximate surface area is 127 Å². The quantitative estimate of drug-likeness (QED) is 0.546. The number of esters is 1. The Hall–Kier alpha value is -2.75. The van der Waals surface area contributed by atoms with Crippen LogP contribution in [0.2, 0.25) is 0 Å². The van der Waals surface area contributed by atoms with Crippen LogP contribution < -0.4 is 4.57 Å². The van der Waals surface area contributed by atoms with Gasteiger partial charge in [0, 0.05) is 11.6 Å². The highest BCUT2D eigenvalue weighted by atomic mass is 19.1. The third-order valence-electron chi connectivity index (χ3n) is 3.51. The monoisotopic (exact) mass is 296 g/mol. The van der Waals surface area contributed by atoms with E-state index in [-0.39, 0.29) is 0 Å². The molecule has 0 aliphatic heterocycles. The minimum absolute atomic E-state index is 0.361. The molecule has 0 radical (unpaired) electrons. The van der Waals surface area contributed by atoms with Crippen LogP contribution in [0.3, 0.4) is 0 Å². The number of nitrogens with zero attached hydrogens (tertiary/aromatic N) is 1. The van der Waals surface area contributed by atoms with E-state index in [1.165, 1.54) is 0 Å². The first-order valence-electron chi connectivity index (χ1n) is 6.98. The van der Waals surface area contributed by atoms with Crippen molar-refractivity contribution in [2.75, 3.05) is 6.86 Å². The first-order chi connectivity index (χ1) is 10.8. The van der Waals surface area contributed by atoms with E-state index in [4.69, 9.17) is 0 Å². The summed E-state index contributed by atoms with van der Waals surface area (Å²) >= 11 is 0. The van der Waals surface area contributed by atoms with Gasteiger partial charge in [0.1, 0.15) is 0 Å². The van der Waals surface area contributed by atoms with Crippen molar-refractivity contribution < 1.29 is 18.5 Å². The number of ether oxygens (including phenoxy) is 1. The third kappa shape index (κ3) is 2.81. The summed E-state index contributed by atoms with van der Waals surface area (Å²) in [5.74, 6) is -0.657. The van der Waals surface area contributed by atoms with Gasteiger partial charge in [-0.1, -0.05) is 48.5 Å². The van der Waals surface area contributed by atoms with E-state index in [0.29, 0.717) is 12.2 Å². The molecule has 3 rings (SSSR count). The molecule has 4 heteroatoms. The van der Waals surface area contributed by atoms with Crippen molar-refractivity contribution >= 4 is 16.7 Å². The normalized spacial score (nSPS) is 10.6. The Bertz CT molecular complexity index is 803. The predicted molar refractivity (Wildman–Crippen MR) is 81.1 cm³/mol. The van der Waals surface area contributed by atoms with E-state index in [1.54, 1.807) is 4.57 Å². The molecule has 1 aromatic heterocycles. The molecule has 0 saturated heterocycles.